The Labute approximate surface area is 118 Å². The molecule has 20 heavy (non-hydrogen) atoms. The first-order valence-electron chi connectivity index (χ1n) is 5.64. The molecule has 2 amide bonds. The Balaban J connectivity index is 2.22. The van der Waals surface area contributed by atoms with Crippen molar-refractivity contribution in [2.45, 2.75) is 13.8 Å². The molecule has 2 N–H and O–H groups in total. The predicted molar refractivity (Wildman–Crippen MR) is 73.3 cm³/mol. The van der Waals surface area contributed by atoms with E-state index >= 15 is 0 Å². The smallest absolute Gasteiger partial charge is 0.260 e. The van der Waals surface area contributed by atoms with Crippen molar-refractivity contribution in [3.05, 3.63) is 34.6 Å². The third kappa shape index (κ3) is 3.35. The summed E-state index contributed by atoms with van der Waals surface area (Å²) in [7, 11) is 0. The van der Waals surface area contributed by atoms with E-state index in [-0.39, 0.29) is 16.6 Å². The fourth-order valence-corrected chi connectivity index (χ4v) is 2.08. The van der Waals surface area contributed by atoms with E-state index in [1.165, 1.54) is 30.4 Å². The summed E-state index contributed by atoms with van der Waals surface area (Å²) >= 11 is 1.19. The number of amides is 2. The molecule has 8 heteroatoms. The summed E-state index contributed by atoms with van der Waals surface area (Å²) in [4.78, 5) is 22.9. The first-order chi connectivity index (χ1) is 9.45. The third-order valence-corrected chi connectivity index (χ3v) is 3.03. The maximum absolute atomic E-state index is 13.7. The largest absolute Gasteiger partial charge is 0.326 e. The van der Waals surface area contributed by atoms with Crippen LogP contribution in [0.2, 0.25) is 0 Å². The van der Waals surface area contributed by atoms with Crippen LogP contribution in [0.15, 0.2) is 18.2 Å². The Bertz CT molecular complexity index is 671. The minimum atomic E-state index is -0.683. The van der Waals surface area contributed by atoms with Crippen molar-refractivity contribution >= 4 is 34.0 Å². The highest BCUT2D eigenvalue weighted by molar-refractivity contribution is 7.15. The number of halogens is 1. The van der Waals surface area contributed by atoms with E-state index in [4.69, 9.17) is 0 Å². The number of aromatic nitrogens is 2. The van der Waals surface area contributed by atoms with Gasteiger partial charge in [0.25, 0.3) is 5.91 Å². The number of benzene rings is 1. The average Bonchev–Trinajstić information content (AvgIpc) is 2.76. The minimum absolute atomic E-state index is 0.177. The van der Waals surface area contributed by atoms with Gasteiger partial charge in [-0.2, -0.15) is 0 Å². The molecule has 0 spiro atoms. The monoisotopic (exact) mass is 294 g/mol. The van der Waals surface area contributed by atoms with Crippen LogP contribution in [0.3, 0.4) is 0 Å². The lowest BCUT2D eigenvalue weighted by molar-refractivity contribution is -0.114. The minimum Gasteiger partial charge on any atom is -0.326 e. The number of carbonyl (C=O) groups excluding carboxylic acids is 2. The van der Waals surface area contributed by atoms with E-state index in [0.29, 0.717) is 10.7 Å². The maximum atomic E-state index is 13.7. The van der Waals surface area contributed by atoms with Crippen LogP contribution in [0.25, 0.3) is 0 Å². The summed E-state index contributed by atoms with van der Waals surface area (Å²) in [6, 6.07) is 3.76. The van der Waals surface area contributed by atoms with E-state index in [0.717, 1.165) is 6.07 Å². The van der Waals surface area contributed by atoms with Gasteiger partial charge in [0.05, 0.1) is 5.56 Å². The second-order valence-electron chi connectivity index (χ2n) is 3.96. The topological polar surface area (TPSA) is 84.0 Å². The molecular weight excluding hydrogens is 283 g/mol. The molecule has 0 fully saturated rings. The number of hydrogen-bond acceptors (Lipinski definition) is 5. The summed E-state index contributed by atoms with van der Waals surface area (Å²) in [5.41, 5.74) is 0.168. The molecule has 2 aromatic rings. The Morgan fingerprint density at radius 2 is 2.00 bits per heavy atom. The van der Waals surface area contributed by atoms with Gasteiger partial charge in [-0.1, -0.05) is 11.3 Å². The van der Waals surface area contributed by atoms with Crippen molar-refractivity contribution in [2.24, 2.45) is 0 Å². The molecule has 2 rings (SSSR count). The van der Waals surface area contributed by atoms with E-state index in [1.54, 1.807) is 6.92 Å². The second kappa shape index (κ2) is 5.74. The van der Waals surface area contributed by atoms with Gasteiger partial charge in [0, 0.05) is 12.6 Å². The number of nitrogens with zero attached hydrogens (tertiary/aromatic N) is 2. The molecule has 0 saturated heterocycles. The lowest BCUT2D eigenvalue weighted by atomic mass is 10.1. The van der Waals surface area contributed by atoms with Gasteiger partial charge in [0.2, 0.25) is 11.0 Å². The normalized spacial score (nSPS) is 10.2. The number of carbonyl (C=O) groups is 2. The zero-order chi connectivity index (χ0) is 14.7. The van der Waals surface area contributed by atoms with E-state index < -0.39 is 11.7 Å². The summed E-state index contributed by atoms with van der Waals surface area (Å²) < 4.78 is 13.7. The maximum Gasteiger partial charge on any atom is 0.260 e. The standard InChI is InChI=1S/C12H11FN4O2S/c1-6(18)14-8-3-4-10(13)9(5-8)11(19)15-12-17-16-7(2)20-12/h3-5H,1-2H3,(H,14,18)(H,15,17,19). The van der Waals surface area contributed by atoms with Gasteiger partial charge in [-0.3, -0.25) is 14.9 Å². The molecule has 104 valence electrons. The molecule has 0 aliphatic rings. The molecule has 1 heterocycles. The molecule has 1 aromatic heterocycles. The molecule has 0 aliphatic carbocycles. The molecule has 0 atom stereocenters. The molecule has 0 unspecified atom stereocenters. The highest BCUT2D eigenvalue weighted by atomic mass is 32.1. The lowest BCUT2D eigenvalue weighted by Gasteiger charge is -2.06. The van der Waals surface area contributed by atoms with E-state index in [1.807, 2.05) is 0 Å². The third-order valence-electron chi connectivity index (χ3n) is 2.28. The quantitative estimate of drug-likeness (QED) is 0.909. The van der Waals surface area contributed by atoms with Gasteiger partial charge in [0.1, 0.15) is 10.8 Å². The lowest BCUT2D eigenvalue weighted by Crippen LogP contribution is -2.15. The fraction of sp³-hybridized carbons (Fsp3) is 0.167. The van der Waals surface area contributed by atoms with Crippen LogP contribution in [-0.4, -0.2) is 22.0 Å². The fourth-order valence-electron chi connectivity index (χ4n) is 1.49. The molecule has 0 saturated carbocycles. The zero-order valence-corrected chi connectivity index (χ0v) is 11.5. The molecular formula is C12H11FN4O2S. The summed E-state index contributed by atoms with van der Waals surface area (Å²) in [6.45, 7) is 3.07. The average molecular weight is 294 g/mol. The highest BCUT2D eigenvalue weighted by Gasteiger charge is 2.15. The number of anilines is 2. The van der Waals surface area contributed by atoms with Gasteiger partial charge >= 0.3 is 0 Å². The van der Waals surface area contributed by atoms with Crippen LogP contribution in [-0.2, 0) is 4.79 Å². The van der Waals surface area contributed by atoms with Gasteiger partial charge in [-0.05, 0) is 25.1 Å². The van der Waals surface area contributed by atoms with Gasteiger partial charge in [0.15, 0.2) is 0 Å². The first kappa shape index (κ1) is 14.1. The van der Waals surface area contributed by atoms with Crippen LogP contribution >= 0.6 is 11.3 Å². The molecule has 0 radical (unpaired) electrons. The van der Waals surface area contributed by atoms with Crippen molar-refractivity contribution in [1.29, 1.82) is 0 Å². The van der Waals surface area contributed by atoms with Gasteiger partial charge in [-0.15, -0.1) is 10.2 Å². The van der Waals surface area contributed by atoms with Crippen molar-refractivity contribution < 1.29 is 14.0 Å². The first-order valence-corrected chi connectivity index (χ1v) is 6.46. The van der Waals surface area contributed by atoms with Crippen LogP contribution in [0.1, 0.15) is 22.3 Å². The number of nitrogens with one attached hydrogen (secondary N) is 2. The van der Waals surface area contributed by atoms with Crippen molar-refractivity contribution in [2.75, 3.05) is 10.6 Å². The van der Waals surface area contributed by atoms with Crippen LogP contribution < -0.4 is 10.6 Å². The number of rotatable bonds is 3. The molecule has 0 bridgehead atoms. The van der Waals surface area contributed by atoms with Crippen LogP contribution in [0.4, 0.5) is 15.2 Å². The second-order valence-corrected chi connectivity index (χ2v) is 5.14. The van der Waals surface area contributed by atoms with E-state index in [9.17, 15) is 14.0 Å². The van der Waals surface area contributed by atoms with Crippen LogP contribution in [0.5, 0.6) is 0 Å². The summed E-state index contributed by atoms with van der Waals surface area (Å²) in [6.07, 6.45) is 0. The van der Waals surface area contributed by atoms with Crippen molar-refractivity contribution in [3.63, 3.8) is 0 Å². The summed E-state index contributed by atoms with van der Waals surface area (Å²) in [5, 5.41) is 13.4. The Morgan fingerprint density at radius 3 is 2.60 bits per heavy atom. The Kier molecular flexibility index (Phi) is 4.04. The predicted octanol–water partition coefficient (Wildman–Crippen LogP) is 2.20. The van der Waals surface area contributed by atoms with Gasteiger partial charge in [-0.25, -0.2) is 4.39 Å². The molecule has 0 aliphatic heterocycles. The van der Waals surface area contributed by atoms with Crippen molar-refractivity contribution in [1.82, 2.24) is 10.2 Å². The van der Waals surface area contributed by atoms with Crippen LogP contribution in [0, 0.1) is 12.7 Å². The van der Waals surface area contributed by atoms with E-state index in [2.05, 4.69) is 20.8 Å². The van der Waals surface area contributed by atoms with Crippen molar-refractivity contribution in [3.8, 4) is 0 Å². The Hall–Kier alpha value is -2.35. The molecule has 1 aromatic carbocycles. The number of hydrogen-bond donors (Lipinski definition) is 2. The number of aryl methyl sites for hydroxylation is 1. The SMILES string of the molecule is CC(=O)Nc1ccc(F)c(C(=O)Nc2nnc(C)s2)c1. The Morgan fingerprint density at radius 1 is 1.25 bits per heavy atom. The highest BCUT2D eigenvalue weighted by Crippen LogP contribution is 2.18. The van der Waals surface area contributed by atoms with Gasteiger partial charge < -0.3 is 5.32 Å². The molecule has 6 nitrogen and oxygen atoms in total. The zero-order valence-electron chi connectivity index (χ0n) is 10.7. The summed E-state index contributed by atoms with van der Waals surface area (Å²) in [5.74, 6) is -1.63.